The fourth-order valence-electron chi connectivity index (χ4n) is 4.37. The number of pyridine rings is 1. The van der Waals surface area contributed by atoms with E-state index in [-0.39, 0.29) is 11.9 Å². The van der Waals surface area contributed by atoms with Crippen molar-refractivity contribution in [3.63, 3.8) is 0 Å². The molecule has 0 bridgehead atoms. The zero-order valence-electron chi connectivity index (χ0n) is 19.5. The van der Waals surface area contributed by atoms with E-state index in [0.717, 1.165) is 54.7 Å². The molecule has 2 aromatic heterocycles. The summed E-state index contributed by atoms with van der Waals surface area (Å²) in [5, 5.41) is 0. The Morgan fingerprint density at radius 1 is 1.12 bits per heavy atom. The molecule has 4 rings (SSSR count). The summed E-state index contributed by atoms with van der Waals surface area (Å²) in [7, 11) is 3.17. The first-order chi connectivity index (χ1) is 16.2. The number of amides is 1. The molecule has 7 heteroatoms. The highest BCUT2D eigenvalue weighted by Gasteiger charge is 2.33. The van der Waals surface area contributed by atoms with Crippen LogP contribution in [0.3, 0.4) is 0 Å². The van der Waals surface area contributed by atoms with Gasteiger partial charge in [0, 0.05) is 43.2 Å². The van der Waals surface area contributed by atoms with Gasteiger partial charge < -0.3 is 14.4 Å². The summed E-state index contributed by atoms with van der Waals surface area (Å²) in [5.74, 6) is 1.91. The normalized spacial score (nSPS) is 15.8. The SMILES string of the molecule is CCCc1ncc(-c2ccncc2)c(C2CCCCN2C(=O)c2ccc(OC)cc2OC)n1. The molecule has 172 valence electrons. The number of hydrogen-bond donors (Lipinski definition) is 0. The molecule has 1 saturated heterocycles. The van der Waals surface area contributed by atoms with Crippen LogP contribution in [0.15, 0.2) is 48.9 Å². The molecule has 0 saturated carbocycles. The Morgan fingerprint density at radius 2 is 1.94 bits per heavy atom. The number of aromatic nitrogens is 3. The molecule has 7 nitrogen and oxygen atoms in total. The first kappa shape index (κ1) is 22.7. The van der Waals surface area contributed by atoms with Gasteiger partial charge in [-0.2, -0.15) is 0 Å². The fourth-order valence-corrected chi connectivity index (χ4v) is 4.37. The number of ether oxygens (including phenoxy) is 2. The van der Waals surface area contributed by atoms with Crippen molar-refractivity contribution in [2.45, 2.75) is 45.1 Å². The van der Waals surface area contributed by atoms with E-state index >= 15 is 0 Å². The molecule has 0 aliphatic carbocycles. The van der Waals surface area contributed by atoms with Gasteiger partial charge >= 0.3 is 0 Å². The predicted octanol–water partition coefficient (Wildman–Crippen LogP) is 4.88. The molecule has 1 aliphatic rings. The highest BCUT2D eigenvalue weighted by Crippen LogP contribution is 2.37. The average molecular weight is 447 g/mol. The Kier molecular flexibility index (Phi) is 7.17. The maximum atomic E-state index is 13.8. The van der Waals surface area contributed by atoms with Gasteiger partial charge in [-0.05, 0) is 55.5 Å². The van der Waals surface area contributed by atoms with Crippen LogP contribution in [0.2, 0.25) is 0 Å². The van der Waals surface area contributed by atoms with Crippen molar-refractivity contribution in [3.8, 4) is 22.6 Å². The maximum absolute atomic E-state index is 13.8. The van der Waals surface area contributed by atoms with E-state index in [0.29, 0.717) is 23.6 Å². The highest BCUT2D eigenvalue weighted by atomic mass is 16.5. The van der Waals surface area contributed by atoms with E-state index in [1.165, 1.54) is 0 Å². The predicted molar refractivity (Wildman–Crippen MR) is 126 cm³/mol. The molecule has 1 aliphatic heterocycles. The molecule has 1 aromatic carbocycles. The number of carbonyl (C=O) groups is 1. The Balaban J connectivity index is 1.77. The van der Waals surface area contributed by atoms with Gasteiger partial charge in [-0.1, -0.05) is 6.92 Å². The number of nitrogens with zero attached hydrogens (tertiary/aromatic N) is 4. The van der Waals surface area contributed by atoms with Crippen LogP contribution in [-0.2, 0) is 6.42 Å². The zero-order valence-corrected chi connectivity index (χ0v) is 19.5. The van der Waals surface area contributed by atoms with Gasteiger partial charge in [-0.15, -0.1) is 0 Å². The molecular weight excluding hydrogens is 416 g/mol. The van der Waals surface area contributed by atoms with Crippen molar-refractivity contribution in [1.29, 1.82) is 0 Å². The third-order valence-corrected chi connectivity index (χ3v) is 6.05. The number of methoxy groups -OCH3 is 2. The number of likely N-dealkylation sites (tertiary alicyclic amines) is 1. The number of rotatable bonds is 7. The second kappa shape index (κ2) is 10.4. The van der Waals surface area contributed by atoms with Gasteiger partial charge in [0.1, 0.15) is 17.3 Å². The smallest absolute Gasteiger partial charge is 0.258 e. The third kappa shape index (κ3) is 4.82. The Morgan fingerprint density at radius 3 is 2.67 bits per heavy atom. The summed E-state index contributed by atoms with van der Waals surface area (Å²) in [6.07, 6.45) is 10.0. The lowest BCUT2D eigenvalue weighted by molar-refractivity contribution is 0.0603. The topological polar surface area (TPSA) is 77.4 Å². The quantitative estimate of drug-likeness (QED) is 0.515. The average Bonchev–Trinajstić information content (AvgIpc) is 2.88. The standard InChI is InChI=1S/C26H30N4O3/c1-4-7-24-28-17-21(18-11-13-27-14-12-18)25(29-24)22-8-5-6-15-30(22)26(31)20-10-9-19(32-2)16-23(20)33-3/h9-14,16-17,22H,4-8,15H2,1-3H3. The van der Waals surface area contributed by atoms with Crippen molar-refractivity contribution in [2.24, 2.45) is 0 Å². The van der Waals surface area contributed by atoms with Crippen molar-refractivity contribution in [3.05, 3.63) is 66.0 Å². The Labute approximate surface area is 194 Å². The van der Waals surface area contributed by atoms with Crippen LogP contribution in [-0.4, -0.2) is 46.5 Å². The van der Waals surface area contributed by atoms with Crippen molar-refractivity contribution >= 4 is 5.91 Å². The lowest BCUT2D eigenvalue weighted by Crippen LogP contribution is -2.39. The minimum absolute atomic E-state index is 0.0597. The minimum atomic E-state index is -0.139. The Bertz CT molecular complexity index is 1100. The van der Waals surface area contributed by atoms with E-state index in [9.17, 15) is 4.79 Å². The van der Waals surface area contributed by atoms with Gasteiger partial charge in [0.25, 0.3) is 5.91 Å². The molecule has 0 spiro atoms. The van der Waals surface area contributed by atoms with Crippen LogP contribution >= 0.6 is 0 Å². The van der Waals surface area contributed by atoms with Crippen LogP contribution in [0.1, 0.15) is 60.5 Å². The monoisotopic (exact) mass is 446 g/mol. The molecule has 0 N–H and O–H groups in total. The van der Waals surface area contributed by atoms with E-state index in [2.05, 4.69) is 16.9 Å². The second-order valence-electron chi connectivity index (χ2n) is 8.15. The molecule has 3 heterocycles. The van der Waals surface area contributed by atoms with Crippen LogP contribution < -0.4 is 9.47 Å². The lowest BCUT2D eigenvalue weighted by atomic mass is 9.93. The minimum Gasteiger partial charge on any atom is -0.497 e. The van der Waals surface area contributed by atoms with Crippen LogP contribution in [0.25, 0.3) is 11.1 Å². The molecule has 1 fully saturated rings. The zero-order chi connectivity index (χ0) is 23.2. The van der Waals surface area contributed by atoms with E-state index in [1.54, 1.807) is 44.8 Å². The lowest BCUT2D eigenvalue weighted by Gasteiger charge is -2.36. The summed E-state index contributed by atoms with van der Waals surface area (Å²) >= 11 is 0. The number of aryl methyl sites for hydroxylation is 1. The second-order valence-corrected chi connectivity index (χ2v) is 8.15. The van der Waals surface area contributed by atoms with Crippen LogP contribution in [0, 0.1) is 0 Å². The van der Waals surface area contributed by atoms with E-state index < -0.39 is 0 Å². The van der Waals surface area contributed by atoms with Gasteiger partial charge in [0.15, 0.2) is 0 Å². The van der Waals surface area contributed by atoms with Gasteiger partial charge in [-0.3, -0.25) is 9.78 Å². The van der Waals surface area contributed by atoms with E-state index in [4.69, 9.17) is 14.5 Å². The third-order valence-electron chi connectivity index (χ3n) is 6.05. The molecule has 1 atom stereocenters. The fraction of sp³-hybridized carbons (Fsp3) is 0.385. The highest BCUT2D eigenvalue weighted by molar-refractivity contribution is 5.97. The van der Waals surface area contributed by atoms with Gasteiger partial charge in [0.2, 0.25) is 0 Å². The summed E-state index contributed by atoms with van der Waals surface area (Å²) < 4.78 is 10.8. The van der Waals surface area contributed by atoms with Gasteiger partial charge in [0.05, 0.1) is 31.5 Å². The van der Waals surface area contributed by atoms with Gasteiger partial charge in [-0.25, -0.2) is 9.97 Å². The summed E-state index contributed by atoms with van der Waals surface area (Å²) in [4.78, 5) is 29.4. The summed E-state index contributed by atoms with van der Waals surface area (Å²) in [6.45, 7) is 2.79. The largest absolute Gasteiger partial charge is 0.497 e. The van der Waals surface area contributed by atoms with Crippen LogP contribution in [0.5, 0.6) is 11.5 Å². The maximum Gasteiger partial charge on any atom is 0.258 e. The molecule has 3 aromatic rings. The molecule has 1 amide bonds. The van der Waals surface area contributed by atoms with Crippen molar-refractivity contribution in [1.82, 2.24) is 19.9 Å². The Hall–Kier alpha value is -3.48. The number of piperidine rings is 1. The number of hydrogen-bond acceptors (Lipinski definition) is 6. The molecule has 1 unspecified atom stereocenters. The van der Waals surface area contributed by atoms with Crippen molar-refractivity contribution < 1.29 is 14.3 Å². The number of carbonyl (C=O) groups excluding carboxylic acids is 1. The first-order valence-electron chi connectivity index (χ1n) is 11.5. The molecule has 33 heavy (non-hydrogen) atoms. The summed E-state index contributed by atoms with van der Waals surface area (Å²) in [5.41, 5.74) is 3.38. The summed E-state index contributed by atoms with van der Waals surface area (Å²) in [6, 6.07) is 9.10. The van der Waals surface area contributed by atoms with E-state index in [1.807, 2.05) is 23.2 Å². The molecular formula is C26H30N4O3. The van der Waals surface area contributed by atoms with Crippen LogP contribution in [0.4, 0.5) is 0 Å². The first-order valence-corrected chi connectivity index (χ1v) is 11.5. The molecule has 0 radical (unpaired) electrons. The number of benzene rings is 1. The van der Waals surface area contributed by atoms with Crippen molar-refractivity contribution in [2.75, 3.05) is 20.8 Å².